The van der Waals surface area contributed by atoms with Crippen molar-refractivity contribution in [3.05, 3.63) is 43.0 Å². The molecule has 1 aliphatic heterocycles. The Kier molecular flexibility index (Phi) is 3.03. The van der Waals surface area contributed by atoms with Crippen molar-refractivity contribution in [1.29, 1.82) is 0 Å². The second kappa shape index (κ2) is 5.16. The summed E-state index contributed by atoms with van der Waals surface area (Å²) in [5.74, 6) is 1.08. The molecule has 1 fully saturated rings. The maximum atomic E-state index is 4.61. The first-order valence-electron chi connectivity index (χ1n) is 7.41. The van der Waals surface area contributed by atoms with Gasteiger partial charge in [0.25, 0.3) is 0 Å². The van der Waals surface area contributed by atoms with Gasteiger partial charge in [-0.15, -0.1) is 0 Å². The molecule has 0 saturated carbocycles. The summed E-state index contributed by atoms with van der Waals surface area (Å²) in [6.45, 7) is 2.24. The van der Waals surface area contributed by atoms with Crippen LogP contribution in [0.5, 0.6) is 0 Å². The van der Waals surface area contributed by atoms with Crippen LogP contribution in [0.15, 0.2) is 43.0 Å². The van der Waals surface area contributed by atoms with Crippen LogP contribution in [0.4, 0.5) is 5.82 Å². The molecule has 4 heterocycles. The summed E-state index contributed by atoms with van der Waals surface area (Å²) in [4.78, 5) is 11.4. The fourth-order valence-electron chi connectivity index (χ4n) is 2.83. The second-order valence-corrected chi connectivity index (χ2v) is 5.43. The first kappa shape index (κ1) is 12.3. The molecular weight excluding hydrogens is 262 g/mol. The zero-order valence-corrected chi connectivity index (χ0v) is 11.8. The van der Waals surface area contributed by atoms with Gasteiger partial charge >= 0.3 is 0 Å². The van der Waals surface area contributed by atoms with Crippen molar-refractivity contribution in [2.24, 2.45) is 0 Å². The Balaban J connectivity index is 1.62. The van der Waals surface area contributed by atoms with Gasteiger partial charge in [-0.2, -0.15) is 5.10 Å². The molecule has 4 rings (SSSR count). The number of aromatic nitrogens is 4. The highest BCUT2D eigenvalue weighted by molar-refractivity contribution is 5.63. The molecule has 0 amide bonds. The molecular formula is C16H17N5. The molecule has 5 heteroatoms. The molecule has 0 N–H and O–H groups in total. The molecule has 0 spiro atoms. The Labute approximate surface area is 123 Å². The van der Waals surface area contributed by atoms with Crippen molar-refractivity contribution < 1.29 is 0 Å². The maximum absolute atomic E-state index is 4.61. The van der Waals surface area contributed by atoms with Crippen LogP contribution in [0.1, 0.15) is 19.3 Å². The van der Waals surface area contributed by atoms with Crippen LogP contribution in [0, 0.1) is 0 Å². The average Bonchev–Trinajstić information content (AvgIpc) is 3.03. The van der Waals surface area contributed by atoms with Gasteiger partial charge < -0.3 is 4.90 Å². The van der Waals surface area contributed by atoms with Crippen molar-refractivity contribution >= 4 is 11.5 Å². The molecule has 21 heavy (non-hydrogen) atoms. The molecule has 0 aromatic carbocycles. The molecule has 5 nitrogen and oxygen atoms in total. The van der Waals surface area contributed by atoms with Crippen molar-refractivity contribution in [2.75, 3.05) is 18.0 Å². The Hall–Kier alpha value is -2.43. The number of rotatable bonds is 2. The molecule has 3 aromatic rings. The largest absolute Gasteiger partial charge is 0.357 e. The van der Waals surface area contributed by atoms with Crippen LogP contribution in [-0.4, -0.2) is 32.7 Å². The fraction of sp³-hybridized carbons (Fsp3) is 0.312. The van der Waals surface area contributed by atoms with E-state index in [2.05, 4.69) is 32.1 Å². The van der Waals surface area contributed by atoms with E-state index in [0.29, 0.717) is 0 Å². The SMILES string of the molecule is c1cc2ncc(-c3ccc(N4CCCCC4)nc3)cn2n1. The van der Waals surface area contributed by atoms with Gasteiger partial charge in [-0.25, -0.2) is 14.5 Å². The number of fused-ring (bicyclic) bond motifs is 1. The smallest absolute Gasteiger partial charge is 0.154 e. The lowest BCUT2D eigenvalue weighted by Gasteiger charge is -2.27. The van der Waals surface area contributed by atoms with Crippen molar-refractivity contribution in [3.8, 4) is 11.1 Å². The molecule has 0 atom stereocenters. The zero-order chi connectivity index (χ0) is 14.1. The van der Waals surface area contributed by atoms with Gasteiger partial charge in [0.2, 0.25) is 0 Å². The van der Waals surface area contributed by atoms with E-state index in [1.807, 2.05) is 24.7 Å². The number of piperidine rings is 1. The minimum atomic E-state index is 0.858. The van der Waals surface area contributed by atoms with Gasteiger partial charge in [-0.3, -0.25) is 0 Å². The third-order valence-electron chi connectivity index (χ3n) is 4.01. The number of anilines is 1. The highest BCUT2D eigenvalue weighted by Crippen LogP contribution is 2.22. The van der Waals surface area contributed by atoms with Gasteiger partial charge in [0.15, 0.2) is 5.65 Å². The predicted octanol–water partition coefficient (Wildman–Crippen LogP) is 2.78. The highest BCUT2D eigenvalue weighted by atomic mass is 15.2. The Morgan fingerprint density at radius 3 is 2.52 bits per heavy atom. The minimum absolute atomic E-state index is 0.858. The van der Waals surface area contributed by atoms with Gasteiger partial charge in [0.05, 0.1) is 6.20 Å². The van der Waals surface area contributed by atoms with E-state index in [0.717, 1.165) is 35.7 Å². The van der Waals surface area contributed by atoms with Gasteiger partial charge in [0, 0.05) is 48.9 Å². The summed E-state index contributed by atoms with van der Waals surface area (Å²) >= 11 is 0. The summed E-state index contributed by atoms with van der Waals surface area (Å²) in [5, 5.41) is 4.22. The Bertz CT molecular complexity index is 741. The van der Waals surface area contributed by atoms with E-state index in [4.69, 9.17) is 0 Å². The minimum Gasteiger partial charge on any atom is -0.357 e. The number of hydrogen-bond donors (Lipinski definition) is 0. The van der Waals surface area contributed by atoms with E-state index in [-0.39, 0.29) is 0 Å². The molecule has 0 unspecified atom stereocenters. The monoisotopic (exact) mass is 279 g/mol. The van der Waals surface area contributed by atoms with Crippen LogP contribution in [0.25, 0.3) is 16.8 Å². The van der Waals surface area contributed by atoms with E-state index in [9.17, 15) is 0 Å². The van der Waals surface area contributed by atoms with Crippen LogP contribution in [0.3, 0.4) is 0 Å². The first-order valence-corrected chi connectivity index (χ1v) is 7.41. The number of nitrogens with zero attached hydrogens (tertiary/aromatic N) is 5. The molecule has 0 bridgehead atoms. The van der Waals surface area contributed by atoms with Crippen LogP contribution in [-0.2, 0) is 0 Å². The second-order valence-electron chi connectivity index (χ2n) is 5.43. The van der Waals surface area contributed by atoms with Crippen LogP contribution >= 0.6 is 0 Å². The predicted molar refractivity (Wildman–Crippen MR) is 82.3 cm³/mol. The normalized spacial score (nSPS) is 15.5. The third kappa shape index (κ3) is 2.35. The fourth-order valence-corrected chi connectivity index (χ4v) is 2.83. The van der Waals surface area contributed by atoms with E-state index >= 15 is 0 Å². The summed E-state index contributed by atoms with van der Waals surface area (Å²) in [5.41, 5.74) is 2.96. The topological polar surface area (TPSA) is 46.3 Å². The van der Waals surface area contributed by atoms with Crippen molar-refractivity contribution in [1.82, 2.24) is 19.6 Å². The lowest BCUT2D eigenvalue weighted by molar-refractivity contribution is 0.573. The van der Waals surface area contributed by atoms with E-state index in [1.54, 1.807) is 10.7 Å². The van der Waals surface area contributed by atoms with Crippen LogP contribution < -0.4 is 4.90 Å². The molecule has 3 aromatic heterocycles. The number of hydrogen-bond acceptors (Lipinski definition) is 4. The summed E-state index contributed by atoms with van der Waals surface area (Å²) in [7, 11) is 0. The summed E-state index contributed by atoms with van der Waals surface area (Å²) in [6, 6.07) is 6.11. The molecule has 106 valence electrons. The van der Waals surface area contributed by atoms with Crippen molar-refractivity contribution in [3.63, 3.8) is 0 Å². The van der Waals surface area contributed by atoms with Crippen LogP contribution in [0.2, 0.25) is 0 Å². The highest BCUT2D eigenvalue weighted by Gasteiger charge is 2.12. The standard InChI is InChI=1S/C16H17N5/c1-2-8-20(9-3-1)15-5-4-13(10-17-15)14-11-18-16-6-7-19-21(16)12-14/h4-7,10-12H,1-3,8-9H2. The third-order valence-corrected chi connectivity index (χ3v) is 4.01. The lowest BCUT2D eigenvalue weighted by Crippen LogP contribution is -2.29. The summed E-state index contributed by atoms with van der Waals surface area (Å²) < 4.78 is 1.79. The van der Waals surface area contributed by atoms with E-state index in [1.165, 1.54) is 19.3 Å². The van der Waals surface area contributed by atoms with Gasteiger partial charge in [0.1, 0.15) is 5.82 Å². The van der Waals surface area contributed by atoms with E-state index < -0.39 is 0 Å². The quantitative estimate of drug-likeness (QED) is 0.723. The molecule has 1 saturated heterocycles. The Morgan fingerprint density at radius 1 is 0.857 bits per heavy atom. The maximum Gasteiger partial charge on any atom is 0.154 e. The van der Waals surface area contributed by atoms with Crippen molar-refractivity contribution in [2.45, 2.75) is 19.3 Å². The molecule has 0 aliphatic carbocycles. The van der Waals surface area contributed by atoms with Gasteiger partial charge in [-0.1, -0.05) is 0 Å². The number of pyridine rings is 1. The zero-order valence-electron chi connectivity index (χ0n) is 11.8. The average molecular weight is 279 g/mol. The first-order chi connectivity index (χ1) is 10.4. The Morgan fingerprint density at radius 2 is 1.71 bits per heavy atom. The van der Waals surface area contributed by atoms with Gasteiger partial charge in [-0.05, 0) is 31.4 Å². The lowest BCUT2D eigenvalue weighted by atomic mass is 10.1. The summed E-state index contributed by atoms with van der Waals surface area (Å²) in [6.07, 6.45) is 11.4. The molecule has 1 aliphatic rings. The molecule has 0 radical (unpaired) electrons.